The van der Waals surface area contributed by atoms with Crippen molar-refractivity contribution in [1.82, 2.24) is 4.90 Å². The Kier molecular flexibility index (Phi) is 4.97. The number of nitrogens with zero attached hydrogens (tertiary/aromatic N) is 2. The molecule has 1 unspecified atom stereocenters. The zero-order valence-corrected chi connectivity index (χ0v) is 15.1. The number of carbonyl (C=O) groups is 4. The predicted molar refractivity (Wildman–Crippen MR) is 93.9 cm³/mol. The van der Waals surface area contributed by atoms with E-state index in [0.717, 1.165) is 4.90 Å². The van der Waals surface area contributed by atoms with Gasteiger partial charge in [0.2, 0.25) is 17.7 Å². The molecule has 4 amide bonds. The number of carbonyl (C=O) groups excluding carboxylic acids is 4. The Labute approximate surface area is 147 Å². The van der Waals surface area contributed by atoms with Crippen molar-refractivity contribution in [2.24, 2.45) is 0 Å². The lowest BCUT2D eigenvalue weighted by molar-refractivity contribution is -0.142. The normalized spacial score (nSPS) is 17.6. The quantitative estimate of drug-likeness (QED) is 0.848. The van der Waals surface area contributed by atoms with Crippen LogP contribution in [0.1, 0.15) is 41.0 Å². The molecule has 1 saturated heterocycles. The van der Waals surface area contributed by atoms with Crippen LogP contribution in [0.2, 0.25) is 0 Å². The molecule has 1 N–H and O–H groups in total. The maximum atomic E-state index is 12.8. The van der Waals surface area contributed by atoms with E-state index in [2.05, 4.69) is 5.32 Å². The van der Waals surface area contributed by atoms with Gasteiger partial charge in [-0.25, -0.2) is 4.90 Å². The minimum atomic E-state index is -0.806. The van der Waals surface area contributed by atoms with Crippen molar-refractivity contribution in [2.75, 3.05) is 10.2 Å². The zero-order chi connectivity index (χ0) is 18.9. The molecule has 2 rings (SSSR count). The second-order valence-electron chi connectivity index (χ2n) is 7.08. The molecule has 1 aliphatic rings. The molecule has 134 valence electrons. The van der Waals surface area contributed by atoms with E-state index in [1.807, 2.05) is 20.8 Å². The fourth-order valence-corrected chi connectivity index (χ4v) is 3.15. The first-order valence-electron chi connectivity index (χ1n) is 8.06. The molecule has 1 aromatic carbocycles. The Hall–Kier alpha value is -2.70. The Balaban J connectivity index is 2.29. The highest BCUT2D eigenvalue weighted by atomic mass is 16.2. The van der Waals surface area contributed by atoms with Crippen molar-refractivity contribution in [1.29, 1.82) is 0 Å². The van der Waals surface area contributed by atoms with Crippen molar-refractivity contribution in [3.8, 4) is 0 Å². The van der Waals surface area contributed by atoms with Crippen LogP contribution >= 0.6 is 0 Å². The molecule has 7 nitrogen and oxygen atoms in total. The Morgan fingerprint density at radius 3 is 2.12 bits per heavy atom. The third-order valence-electron chi connectivity index (χ3n) is 3.94. The highest BCUT2D eigenvalue weighted by Gasteiger charge is 2.46. The van der Waals surface area contributed by atoms with E-state index >= 15 is 0 Å². The number of amides is 4. The van der Waals surface area contributed by atoms with Gasteiger partial charge in [0.05, 0.1) is 12.1 Å². The lowest BCUT2D eigenvalue weighted by Gasteiger charge is -2.38. The van der Waals surface area contributed by atoms with Gasteiger partial charge >= 0.3 is 0 Å². The molecule has 1 atom stereocenters. The highest BCUT2D eigenvalue weighted by molar-refractivity contribution is 6.23. The molecular formula is C18H23N3O4. The first kappa shape index (κ1) is 18.6. The van der Waals surface area contributed by atoms with Crippen molar-refractivity contribution < 1.29 is 19.2 Å². The van der Waals surface area contributed by atoms with Gasteiger partial charge in [0.15, 0.2) is 0 Å². The average molecular weight is 345 g/mol. The van der Waals surface area contributed by atoms with E-state index in [1.54, 1.807) is 24.3 Å². The third kappa shape index (κ3) is 3.87. The van der Waals surface area contributed by atoms with E-state index < -0.39 is 17.5 Å². The van der Waals surface area contributed by atoms with Crippen LogP contribution in [0.25, 0.3) is 0 Å². The smallest absolute Gasteiger partial charge is 0.257 e. The Bertz CT molecular complexity index is 719. The van der Waals surface area contributed by atoms with Gasteiger partial charge in [0.1, 0.15) is 6.04 Å². The Morgan fingerprint density at radius 2 is 1.68 bits per heavy atom. The number of imide groups is 1. The molecule has 7 heteroatoms. The lowest BCUT2D eigenvalue weighted by atomic mass is 10.0. The highest BCUT2D eigenvalue weighted by Crippen LogP contribution is 2.30. The molecule has 25 heavy (non-hydrogen) atoms. The second kappa shape index (κ2) is 6.66. The Morgan fingerprint density at radius 1 is 1.12 bits per heavy atom. The zero-order valence-electron chi connectivity index (χ0n) is 15.1. The number of hydrogen-bond acceptors (Lipinski definition) is 4. The average Bonchev–Trinajstić information content (AvgIpc) is 2.72. The SMILES string of the molecule is CC(=O)Nc1ccc(N2C(=O)CC(N(C(C)=O)C(C)(C)C)C2=O)cc1. The summed E-state index contributed by atoms with van der Waals surface area (Å²) in [5.74, 6) is -1.22. The maximum Gasteiger partial charge on any atom is 0.257 e. The number of rotatable bonds is 3. The monoisotopic (exact) mass is 345 g/mol. The fourth-order valence-electron chi connectivity index (χ4n) is 3.15. The van der Waals surface area contributed by atoms with Crippen LogP contribution in [0, 0.1) is 0 Å². The summed E-state index contributed by atoms with van der Waals surface area (Å²) in [6.07, 6.45) is -0.0386. The standard InChI is InChI=1S/C18H23N3O4/c1-11(22)19-13-6-8-14(9-7-13)20-16(24)10-15(17(20)25)21(12(2)23)18(3,4)5/h6-9,15H,10H2,1-5H3,(H,19,22). The number of hydrogen-bond donors (Lipinski definition) is 1. The first-order chi connectivity index (χ1) is 11.5. The summed E-state index contributed by atoms with van der Waals surface area (Å²) in [7, 11) is 0. The summed E-state index contributed by atoms with van der Waals surface area (Å²) in [6, 6.07) is 5.63. The van der Waals surface area contributed by atoms with Crippen LogP contribution < -0.4 is 10.2 Å². The summed E-state index contributed by atoms with van der Waals surface area (Å²) < 4.78 is 0. The van der Waals surface area contributed by atoms with E-state index in [-0.39, 0.29) is 24.1 Å². The molecule has 1 fully saturated rings. The summed E-state index contributed by atoms with van der Waals surface area (Å²) in [6.45, 7) is 8.29. The molecule has 0 radical (unpaired) electrons. The molecule has 0 saturated carbocycles. The molecule has 1 aromatic rings. The summed E-state index contributed by atoms with van der Waals surface area (Å²) in [4.78, 5) is 50.9. The van der Waals surface area contributed by atoms with Crippen LogP contribution in [0.3, 0.4) is 0 Å². The van der Waals surface area contributed by atoms with Crippen LogP contribution in [0.5, 0.6) is 0 Å². The molecule has 0 bridgehead atoms. The van der Waals surface area contributed by atoms with Gasteiger partial charge in [-0.15, -0.1) is 0 Å². The van der Waals surface area contributed by atoms with Crippen molar-refractivity contribution in [3.63, 3.8) is 0 Å². The fraction of sp³-hybridized carbons (Fsp3) is 0.444. The largest absolute Gasteiger partial charge is 0.326 e. The molecule has 0 spiro atoms. The van der Waals surface area contributed by atoms with E-state index in [0.29, 0.717) is 11.4 Å². The van der Waals surface area contributed by atoms with Gasteiger partial charge in [0.25, 0.3) is 5.91 Å². The predicted octanol–water partition coefficient (Wildman–Crippen LogP) is 1.92. The van der Waals surface area contributed by atoms with Crippen molar-refractivity contribution in [2.45, 2.75) is 52.6 Å². The van der Waals surface area contributed by atoms with Crippen molar-refractivity contribution in [3.05, 3.63) is 24.3 Å². The molecule has 1 heterocycles. The summed E-state index contributed by atoms with van der Waals surface area (Å²) in [5, 5.41) is 2.63. The van der Waals surface area contributed by atoms with Crippen LogP contribution in [-0.2, 0) is 19.2 Å². The van der Waals surface area contributed by atoms with Gasteiger partial charge in [-0.3, -0.25) is 19.2 Å². The number of nitrogens with one attached hydrogen (secondary N) is 1. The van der Waals surface area contributed by atoms with Gasteiger partial charge in [0, 0.05) is 25.1 Å². The number of anilines is 2. The molecular weight excluding hydrogens is 322 g/mol. The maximum absolute atomic E-state index is 12.8. The number of benzene rings is 1. The van der Waals surface area contributed by atoms with Gasteiger partial charge in [-0.2, -0.15) is 0 Å². The van der Waals surface area contributed by atoms with E-state index in [1.165, 1.54) is 18.7 Å². The minimum absolute atomic E-state index is 0.0386. The van der Waals surface area contributed by atoms with Gasteiger partial charge in [-0.1, -0.05) is 0 Å². The van der Waals surface area contributed by atoms with Crippen LogP contribution in [-0.4, -0.2) is 40.1 Å². The topological polar surface area (TPSA) is 86.8 Å². The van der Waals surface area contributed by atoms with E-state index in [4.69, 9.17) is 0 Å². The third-order valence-corrected chi connectivity index (χ3v) is 3.94. The molecule has 0 aromatic heterocycles. The lowest BCUT2D eigenvalue weighted by Crippen LogP contribution is -2.53. The van der Waals surface area contributed by atoms with Crippen LogP contribution in [0.4, 0.5) is 11.4 Å². The van der Waals surface area contributed by atoms with E-state index in [9.17, 15) is 19.2 Å². The van der Waals surface area contributed by atoms with Gasteiger partial charge in [-0.05, 0) is 45.0 Å². The van der Waals surface area contributed by atoms with Gasteiger partial charge < -0.3 is 10.2 Å². The minimum Gasteiger partial charge on any atom is -0.326 e. The summed E-state index contributed by atoms with van der Waals surface area (Å²) >= 11 is 0. The molecule has 0 aliphatic carbocycles. The first-order valence-corrected chi connectivity index (χ1v) is 8.06. The second-order valence-corrected chi connectivity index (χ2v) is 7.08. The van der Waals surface area contributed by atoms with Crippen LogP contribution in [0.15, 0.2) is 24.3 Å². The molecule has 1 aliphatic heterocycles. The summed E-state index contributed by atoms with van der Waals surface area (Å²) in [5.41, 5.74) is 0.425. The van der Waals surface area contributed by atoms with Crippen molar-refractivity contribution >= 4 is 35.0 Å².